The smallest absolute Gasteiger partial charge is 0.257 e. The number of imidazole rings is 1. The Labute approximate surface area is 71.3 Å². The molecule has 0 unspecified atom stereocenters. The second-order valence-corrected chi connectivity index (χ2v) is 4.13. The zero-order valence-corrected chi connectivity index (χ0v) is 8.01. The minimum Gasteiger partial charge on any atom is -0.334 e. The van der Waals surface area contributed by atoms with Crippen LogP contribution in [0.1, 0.15) is 11.5 Å². The van der Waals surface area contributed by atoms with Gasteiger partial charge in [0.25, 0.3) is 10.0 Å². The Morgan fingerprint density at radius 1 is 1.42 bits per heavy atom. The fourth-order valence-electron chi connectivity index (χ4n) is 0.959. The highest BCUT2D eigenvalue weighted by molar-refractivity contribution is 7.89. The van der Waals surface area contributed by atoms with Crippen molar-refractivity contribution in [3.05, 3.63) is 11.5 Å². The lowest BCUT2D eigenvalue weighted by molar-refractivity contribution is 0.593. The lowest BCUT2D eigenvalue weighted by Crippen LogP contribution is -2.14. The molecular formula is C6H11N3O2S. The van der Waals surface area contributed by atoms with Gasteiger partial charge in [-0.25, -0.2) is 18.5 Å². The third-order valence-electron chi connectivity index (χ3n) is 1.83. The Hall–Kier alpha value is -0.880. The van der Waals surface area contributed by atoms with E-state index in [9.17, 15) is 8.42 Å². The molecule has 1 aromatic rings. The molecule has 68 valence electrons. The van der Waals surface area contributed by atoms with Gasteiger partial charge in [0.2, 0.25) is 0 Å². The first-order chi connectivity index (χ1) is 5.34. The summed E-state index contributed by atoms with van der Waals surface area (Å²) in [7, 11) is -1.92. The third kappa shape index (κ3) is 1.35. The molecule has 1 aromatic heterocycles. The minimum atomic E-state index is -3.67. The molecule has 0 aliphatic rings. The van der Waals surface area contributed by atoms with Crippen molar-refractivity contribution in [3.8, 4) is 0 Å². The van der Waals surface area contributed by atoms with Crippen LogP contribution in [0, 0.1) is 13.8 Å². The fraction of sp³-hybridized carbons (Fsp3) is 0.500. The Balaban J connectivity index is 3.48. The molecule has 2 N–H and O–H groups in total. The van der Waals surface area contributed by atoms with Crippen LogP contribution in [0.5, 0.6) is 0 Å². The Morgan fingerprint density at radius 2 is 1.92 bits per heavy atom. The Bertz CT molecular complexity index is 405. The summed E-state index contributed by atoms with van der Waals surface area (Å²) in [5.41, 5.74) is 0.565. The molecule has 0 aromatic carbocycles. The highest BCUT2D eigenvalue weighted by atomic mass is 32.2. The number of rotatable bonds is 1. The van der Waals surface area contributed by atoms with Gasteiger partial charge >= 0.3 is 0 Å². The van der Waals surface area contributed by atoms with Crippen LogP contribution in [0.4, 0.5) is 0 Å². The number of nitrogens with two attached hydrogens (primary N) is 1. The zero-order chi connectivity index (χ0) is 9.52. The molecule has 0 saturated carbocycles. The number of sulfonamides is 1. The van der Waals surface area contributed by atoms with Gasteiger partial charge in [-0.2, -0.15) is 0 Å². The first-order valence-corrected chi connectivity index (χ1v) is 4.91. The predicted molar refractivity (Wildman–Crippen MR) is 44.1 cm³/mol. The summed E-state index contributed by atoms with van der Waals surface area (Å²) in [6.07, 6.45) is 0. The topological polar surface area (TPSA) is 78.0 Å². The van der Waals surface area contributed by atoms with E-state index >= 15 is 0 Å². The maximum atomic E-state index is 10.9. The maximum Gasteiger partial charge on any atom is 0.257 e. The summed E-state index contributed by atoms with van der Waals surface area (Å²) < 4.78 is 23.5. The van der Waals surface area contributed by atoms with Crippen molar-refractivity contribution in [2.24, 2.45) is 12.2 Å². The van der Waals surface area contributed by atoms with Gasteiger partial charge in [0.05, 0.1) is 5.69 Å². The lowest BCUT2D eigenvalue weighted by atomic mass is 10.5. The van der Waals surface area contributed by atoms with Gasteiger partial charge in [-0.05, 0) is 13.8 Å². The van der Waals surface area contributed by atoms with Crippen molar-refractivity contribution in [2.45, 2.75) is 18.9 Å². The van der Waals surface area contributed by atoms with E-state index in [1.807, 2.05) is 0 Å². The maximum absolute atomic E-state index is 10.9. The minimum absolute atomic E-state index is 0.0394. The monoisotopic (exact) mass is 189 g/mol. The fourth-order valence-corrected chi connectivity index (χ4v) is 1.77. The summed E-state index contributed by atoms with van der Waals surface area (Å²) in [6, 6.07) is 0. The van der Waals surface area contributed by atoms with Crippen molar-refractivity contribution in [2.75, 3.05) is 0 Å². The van der Waals surface area contributed by atoms with E-state index in [0.717, 1.165) is 0 Å². The average molecular weight is 189 g/mol. The van der Waals surface area contributed by atoms with Gasteiger partial charge in [-0.15, -0.1) is 0 Å². The lowest BCUT2D eigenvalue weighted by Gasteiger charge is -1.96. The van der Waals surface area contributed by atoms with Gasteiger partial charge in [0.1, 0.15) is 5.82 Å². The Kier molecular flexibility index (Phi) is 1.97. The predicted octanol–water partition coefficient (Wildman–Crippen LogP) is -0.316. The van der Waals surface area contributed by atoms with Gasteiger partial charge in [0, 0.05) is 7.05 Å². The van der Waals surface area contributed by atoms with E-state index in [0.29, 0.717) is 11.5 Å². The average Bonchev–Trinajstić information content (AvgIpc) is 2.15. The number of hydrogen-bond acceptors (Lipinski definition) is 3. The van der Waals surface area contributed by atoms with Crippen LogP contribution in [0.3, 0.4) is 0 Å². The first-order valence-electron chi connectivity index (χ1n) is 3.36. The van der Waals surface area contributed by atoms with E-state index in [1.165, 1.54) is 0 Å². The van der Waals surface area contributed by atoms with Crippen molar-refractivity contribution in [1.29, 1.82) is 0 Å². The summed E-state index contributed by atoms with van der Waals surface area (Å²) in [5.74, 6) is 0.636. The number of hydrogen-bond donors (Lipinski definition) is 1. The largest absolute Gasteiger partial charge is 0.334 e. The highest BCUT2D eigenvalue weighted by Crippen LogP contribution is 2.12. The second kappa shape index (κ2) is 2.56. The molecule has 0 fully saturated rings. The van der Waals surface area contributed by atoms with Crippen LogP contribution in [0.15, 0.2) is 5.03 Å². The summed E-state index contributed by atoms with van der Waals surface area (Å²) in [5, 5.41) is 4.90. The van der Waals surface area contributed by atoms with E-state index in [4.69, 9.17) is 5.14 Å². The number of aromatic nitrogens is 2. The molecule has 0 saturated heterocycles. The standard InChI is InChI=1S/C6H11N3O2S/c1-4-6(12(7,10)11)8-5(2)9(4)3/h1-3H3,(H2,7,10,11). The van der Waals surface area contributed by atoms with Crippen LogP contribution in [0.2, 0.25) is 0 Å². The zero-order valence-electron chi connectivity index (χ0n) is 7.20. The normalized spacial score (nSPS) is 12.0. The van der Waals surface area contributed by atoms with E-state index in [-0.39, 0.29) is 5.03 Å². The van der Waals surface area contributed by atoms with Crippen molar-refractivity contribution in [3.63, 3.8) is 0 Å². The van der Waals surface area contributed by atoms with Gasteiger partial charge in [-0.1, -0.05) is 0 Å². The molecular weight excluding hydrogens is 178 g/mol. The van der Waals surface area contributed by atoms with Gasteiger partial charge < -0.3 is 4.57 Å². The quantitative estimate of drug-likeness (QED) is 0.658. The molecule has 1 heterocycles. The Morgan fingerprint density at radius 3 is 2.08 bits per heavy atom. The van der Waals surface area contributed by atoms with Gasteiger partial charge in [0.15, 0.2) is 5.03 Å². The van der Waals surface area contributed by atoms with Crippen LogP contribution >= 0.6 is 0 Å². The molecule has 12 heavy (non-hydrogen) atoms. The molecule has 0 amide bonds. The van der Waals surface area contributed by atoms with E-state index in [2.05, 4.69) is 4.98 Å². The SMILES string of the molecule is Cc1nc(S(N)(=O)=O)c(C)n1C. The van der Waals surface area contributed by atoms with Crippen LogP contribution in [0.25, 0.3) is 0 Å². The molecule has 0 spiro atoms. The van der Waals surface area contributed by atoms with Crippen LogP contribution in [-0.2, 0) is 17.1 Å². The summed E-state index contributed by atoms with van der Waals surface area (Å²) in [4.78, 5) is 3.83. The number of nitrogens with zero attached hydrogens (tertiary/aromatic N) is 2. The molecule has 0 radical (unpaired) electrons. The van der Waals surface area contributed by atoms with Crippen molar-refractivity contribution >= 4 is 10.0 Å². The van der Waals surface area contributed by atoms with E-state index in [1.54, 1.807) is 25.5 Å². The molecule has 0 aliphatic heterocycles. The molecule has 5 nitrogen and oxygen atoms in total. The summed E-state index contributed by atoms with van der Waals surface area (Å²) in [6.45, 7) is 3.39. The first kappa shape index (κ1) is 9.21. The summed E-state index contributed by atoms with van der Waals surface area (Å²) >= 11 is 0. The van der Waals surface area contributed by atoms with Crippen LogP contribution in [-0.4, -0.2) is 18.0 Å². The molecule has 0 bridgehead atoms. The van der Waals surface area contributed by atoms with Crippen molar-refractivity contribution in [1.82, 2.24) is 9.55 Å². The van der Waals surface area contributed by atoms with Crippen molar-refractivity contribution < 1.29 is 8.42 Å². The highest BCUT2D eigenvalue weighted by Gasteiger charge is 2.17. The number of primary sulfonamides is 1. The van der Waals surface area contributed by atoms with E-state index < -0.39 is 10.0 Å². The molecule has 0 aliphatic carbocycles. The molecule has 0 atom stereocenters. The molecule has 6 heteroatoms. The van der Waals surface area contributed by atoms with Gasteiger partial charge in [-0.3, -0.25) is 0 Å². The molecule has 1 rings (SSSR count). The van der Waals surface area contributed by atoms with Crippen LogP contribution < -0.4 is 5.14 Å². The third-order valence-corrected chi connectivity index (χ3v) is 2.76. The number of aryl methyl sites for hydroxylation is 1. The second-order valence-electron chi connectivity index (χ2n) is 2.65.